The molecule has 0 aromatic heterocycles. The quantitative estimate of drug-likeness (QED) is 0.793. The molecule has 1 aliphatic rings. The summed E-state index contributed by atoms with van der Waals surface area (Å²) < 4.78 is 10.9. The topological polar surface area (TPSA) is 73.6 Å². The van der Waals surface area contributed by atoms with Crippen LogP contribution in [0.2, 0.25) is 0 Å². The molecule has 3 N–H and O–H groups in total. The number of hydrogen-bond donors (Lipinski definition) is 2. The molecule has 0 spiro atoms. The average molecular weight is 292 g/mol. The molecule has 1 heterocycles. The highest BCUT2D eigenvalue weighted by Gasteiger charge is 2.33. The van der Waals surface area contributed by atoms with Crippen molar-refractivity contribution in [3.05, 3.63) is 29.8 Å². The van der Waals surface area contributed by atoms with Gasteiger partial charge in [-0.2, -0.15) is 0 Å². The molecule has 0 aliphatic carbocycles. The molecular weight excluding hydrogens is 268 g/mol. The van der Waals surface area contributed by atoms with E-state index in [1.165, 1.54) is 0 Å². The Morgan fingerprint density at radius 2 is 2.29 bits per heavy atom. The van der Waals surface area contributed by atoms with E-state index in [9.17, 15) is 4.79 Å². The summed E-state index contributed by atoms with van der Waals surface area (Å²) in [5, 5.41) is 3.28. The molecule has 1 aromatic rings. The molecule has 2 unspecified atom stereocenters. The molecule has 1 fully saturated rings. The Balaban J connectivity index is 2.07. The van der Waals surface area contributed by atoms with E-state index < -0.39 is 5.54 Å². The Hall–Kier alpha value is -1.59. The molecule has 1 aromatic carbocycles. The van der Waals surface area contributed by atoms with Crippen LogP contribution < -0.4 is 15.8 Å². The standard InChI is InChI=1S/C16H24N2O3/c1-16(15(17)19,18-11-13-7-5-9-21-13)10-12-6-3-4-8-14(12)20-2/h3-4,6,8,13,18H,5,7,9-11H2,1-2H3,(H2,17,19). The van der Waals surface area contributed by atoms with Crippen molar-refractivity contribution >= 4 is 5.91 Å². The fraction of sp³-hybridized carbons (Fsp3) is 0.562. The van der Waals surface area contributed by atoms with E-state index in [2.05, 4.69) is 5.32 Å². The summed E-state index contributed by atoms with van der Waals surface area (Å²) in [4.78, 5) is 11.9. The van der Waals surface area contributed by atoms with E-state index in [0.717, 1.165) is 30.8 Å². The third-order valence-corrected chi connectivity index (χ3v) is 4.02. The molecular formula is C16H24N2O3. The Kier molecular flexibility index (Phi) is 5.20. The number of carbonyl (C=O) groups is 1. The van der Waals surface area contributed by atoms with Crippen LogP contribution in [0.25, 0.3) is 0 Å². The van der Waals surface area contributed by atoms with Gasteiger partial charge in [-0.25, -0.2) is 0 Å². The van der Waals surface area contributed by atoms with Gasteiger partial charge in [0.15, 0.2) is 0 Å². The number of rotatable bonds is 7. The Labute approximate surface area is 125 Å². The van der Waals surface area contributed by atoms with Crippen LogP contribution in [0.15, 0.2) is 24.3 Å². The van der Waals surface area contributed by atoms with Gasteiger partial charge >= 0.3 is 0 Å². The van der Waals surface area contributed by atoms with Crippen molar-refractivity contribution < 1.29 is 14.3 Å². The number of nitrogens with one attached hydrogen (secondary N) is 1. The van der Waals surface area contributed by atoms with Gasteiger partial charge < -0.3 is 20.5 Å². The SMILES string of the molecule is COc1ccccc1CC(C)(NCC1CCCO1)C(N)=O. The molecule has 2 atom stereocenters. The largest absolute Gasteiger partial charge is 0.496 e. The highest BCUT2D eigenvalue weighted by atomic mass is 16.5. The zero-order valence-corrected chi connectivity index (χ0v) is 12.7. The lowest BCUT2D eigenvalue weighted by molar-refractivity contribution is -0.124. The van der Waals surface area contributed by atoms with Gasteiger partial charge in [-0.3, -0.25) is 4.79 Å². The number of ether oxygens (including phenoxy) is 2. The van der Waals surface area contributed by atoms with Crippen molar-refractivity contribution in [2.45, 2.75) is 37.8 Å². The highest BCUT2D eigenvalue weighted by Crippen LogP contribution is 2.23. The Morgan fingerprint density at radius 1 is 1.52 bits per heavy atom. The first-order valence-corrected chi connectivity index (χ1v) is 7.33. The maximum atomic E-state index is 11.9. The minimum absolute atomic E-state index is 0.168. The van der Waals surface area contributed by atoms with Crippen LogP contribution in [-0.2, 0) is 16.0 Å². The van der Waals surface area contributed by atoms with Crippen molar-refractivity contribution in [3.63, 3.8) is 0 Å². The zero-order valence-electron chi connectivity index (χ0n) is 12.7. The first kappa shape index (κ1) is 15.8. The number of carbonyl (C=O) groups excluding carboxylic acids is 1. The van der Waals surface area contributed by atoms with Crippen molar-refractivity contribution in [1.29, 1.82) is 0 Å². The summed E-state index contributed by atoms with van der Waals surface area (Å²) >= 11 is 0. The second-order valence-electron chi connectivity index (χ2n) is 5.70. The second-order valence-corrected chi connectivity index (χ2v) is 5.70. The maximum absolute atomic E-state index is 11.9. The first-order valence-electron chi connectivity index (χ1n) is 7.33. The lowest BCUT2D eigenvalue weighted by atomic mass is 9.91. The van der Waals surface area contributed by atoms with E-state index in [4.69, 9.17) is 15.2 Å². The van der Waals surface area contributed by atoms with E-state index in [0.29, 0.717) is 13.0 Å². The van der Waals surface area contributed by atoms with E-state index in [1.807, 2.05) is 31.2 Å². The van der Waals surface area contributed by atoms with E-state index in [1.54, 1.807) is 7.11 Å². The van der Waals surface area contributed by atoms with Crippen LogP contribution >= 0.6 is 0 Å². The monoisotopic (exact) mass is 292 g/mol. The molecule has 1 aliphatic heterocycles. The van der Waals surface area contributed by atoms with Crippen LogP contribution in [0, 0.1) is 0 Å². The fourth-order valence-electron chi connectivity index (χ4n) is 2.61. The number of methoxy groups -OCH3 is 1. The summed E-state index contributed by atoms with van der Waals surface area (Å²) in [5.41, 5.74) is 5.75. The van der Waals surface area contributed by atoms with Crippen LogP contribution in [0.5, 0.6) is 5.75 Å². The molecule has 0 bridgehead atoms. The predicted molar refractivity (Wildman–Crippen MR) is 81.3 cm³/mol. The van der Waals surface area contributed by atoms with Gasteiger partial charge in [-0.05, 0) is 31.4 Å². The van der Waals surface area contributed by atoms with Crippen LogP contribution in [0.3, 0.4) is 0 Å². The fourth-order valence-corrected chi connectivity index (χ4v) is 2.61. The molecule has 5 heteroatoms. The molecule has 116 valence electrons. The molecule has 2 rings (SSSR count). The van der Waals surface area contributed by atoms with Crippen molar-refractivity contribution in [3.8, 4) is 5.75 Å². The minimum Gasteiger partial charge on any atom is -0.496 e. The maximum Gasteiger partial charge on any atom is 0.237 e. The minimum atomic E-state index is -0.819. The number of amides is 1. The summed E-state index contributed by atoms with van der Waals surface area (Å²) in [6.07, 6.45) is 2.75. The number of hydrogen-bond acceptors (Lipinski definition) is 4. The van der Waals surface area contributed by atoms with Crippen LogP contribution in [-0.4, -0.2) is 37.8 Å². The lowest BCUT2D eigenvalue weighted by Crippen LogP contribution is -2.56. The van der Waals surface area contributed by atoms with Crippen molar-refractivity contribution in [2.24, 2.45) is 5.73 Å². The van der Waals surface area contributed by atoms with Crippen molar-refractivity contribution in [1.82, 2.24) is 5.32 Å². The third-order valence-electron chi connectivity index (χ3n) is 4.02. The van der Waals surface area contributed by atoms with Crippen LogP contribution in [0.1, 0.15) is 25.3 Å². The van der Waals surface area contributed by atoms with Gasteiger partial charge in [0.2, 0.25) is 5.91 Å². The van der Waals surface area contributed by atoms with Gasteiger partial charge in [0.25, 0.3) is 0 Å². The zero-order chi connectivity index (χ0) is 15.3. The molecule has 0 radical (unpaired) electrons. The first-order chi connectivity index (χ1) is 10.0. The lowest BCUT2D eigenvalue weighted by Gasteiger charge is -2.29. The summed E-state index contributed by atoms with van der Waals surface area (Å²) in [7, 11) is 1.63. The van der Waals surface area contributed by atoms with Crippen LogP contribution in [0.4, 0.5) is 0 Å². The Morgan fingerprint density at radius 3 is 2.90 bits per heavy atom. The number of benzene rings is 1. The average Bonchev–Trinajstić information content (AvgIpc) is 2.99. The summed E-state index contributed by atoms with van der Waals surface area (Å²) in [6, 6.07) is 7.67. The second kappa shape index (κ2) is 6.91. The smallest absolute Gasteiger partial charge is 0.237 e. The molecule has 5 nitrogen and oxygen atoms in total. The number of primary amides is 1. The van der Waals surface area contributed by atoms with Crippen molar-refractivity contribution in [2.75, 3.05) is 20.3 Å². The van der Waals surface area contributed by atoms with E-state index >= 15 is 0 Å². The predicted octanol–water partition coefficient (Wildman–Crippen LogP) is 1.25. The third kappa shape index (κ3) is 3.95. The molecule has 0 saturated carbocycles. The molecule has 1 saturated heterocycles. The Bertz CT molecular complexity index is 486. The van der Waals surface area contributed by atoms with E-state index in [-0.39, 0.29) is 12.0 Å². The normalized spacial score (nSPS) is 21.0. The van der Waals surface area contributed by atoms with Gasteiger partial charge in [0, 0.05) is 19.6 Å². The number of nitrogens with two attached hydrogens (primary N) is 1. The van der Waals surface area contributed by atoms with Gasteiger partial charge in [0.05, 0.1) is 18.8 Å². The van der Waals surface area contributed by atoms with Gasteiger partial charge in [-0.15, -0.1) is 0 Å². The summed E-state index contributed by atoms with van der Waals surface area (Å²) in [5.74, 6) is 0.398. The van der Waals surface area contributed by atoms with Gasteiger partial charge in [-0.1, -0.05) is 18.2 Å². The molecule has 21 heavy (non-hydrogen) atoms. The highest BCUT2D eigenvalue weighted by molar-refractivity contribution is 5.84. The summed E-state index contributed by atoms with van der Waals surface area (Å²) in [6.45, 7) is 3.26. The number of para-hydroxylation sites is 1. The molecule has 1 amide bonds. The van der Waals surface area contributed by atoms with Gasteiger partial charge in [0.1, 0.15) is 5.75 Å².